The molecule has 0 nitrogen and oxygen atoms in total. The van der Waals surface area contributed by atoms with Gasteiger partial charge in [-0.25, -0.2) is 0 Å². The summed E-state index contributed by atoms with van der Waals surface area (Å²) in [5.41, 5.74) is 8.00. The van der Waals surface area contributed by atoms with E-state index in [1.165, 1.54) is 33.4 Å². The first kappa shape index (κ1) is 12.2. The van der Waals surface area contributed by atoms with Crippen LogP contribution in [0.5, 0.6) is 0 Å². The summed E-state index contributed by atoms with van der Waals surface area (Å²) in [4.78, 5) is 0. The van der Waals surface area contributed by atoms with E-state index >= 15 is 0 Å². The lowest BCUT2D eigenvalue weighted by atomic mass is 9.90. The van der Waals surface area contributed by atoms with Crippen LogP contribution in [0.25, 0.3) is 22.3 Å². The molecule has 19 heavy (non-hydrogen) atoms. The van der Waals surface area contributed by atoms with Gasteiger partial charge in [0.15, 0.2) is 0 Å². The van der Waals surface area contributed by atoms with Gasteiger partial charge in [0.05, 0.1) is 0 Å². The van der Waals surface area contributed by atoms with Crippen molar-refractivity contribution in [3.63, 3.8) is 0 Å². The van der Waals surface area contributed by atoms with Crippen LogP contribution < -0.4 is 0 Å². The van der Waals surface area contributed by atoms with Gasteiger partial charge in [0.2, 0.25) is 0 Å². The molecule has 0 N–H and O–H groups in total. The predicted octanol–water partition coefficient (Wildman–Crippen LogP) is 5.70. The first-order valence-electron chi connectivity index (χ1n) is 6.45. The zero-order valence-electron chi connectivity index (χ0n) is 11.2. The maximum absolute atomic E-state index is 2.22. The molecule has 0 amide bonds. The van der Waals surface area contributed by atoms with Gasteiger partial charge in [0.1, 0.15) is 0 Å². The van der Waals surface area contributed by atoms with Crippen LogP contribution in [0.3, 0.4) is 0 Å². The lowest BCUT2D eigenvalue weighted by molar-refractivity contribution is 1.38. The molecule has 0 bridgehead atoms. The van der Waals surface area contributed by atoms with Crippen LogP contribution in [-0.2, 0) is 0 Å². The third-order valence-corrected chi connectivity index (χ3v) is 4.19. The minimum absolute atomic E-state index is 1.31. The third kappa shape index (κ3) is 2.22. The molecule has 0 saturated heterocycles. The highest BCUT2D eigenvalue weighted by atomic mass is 32.1. The van der Waals surface area contributed by atoms with Crippen LogP contribution in [0.4, 0.5) is 0 Å². The Kier molecular flexibility index (Phi) is 3.22. The van der Waals surface area contributed by atoms with Gasteiger partial charge in [0.25, 0.3) is 0 Å². The topological polar surface area (TPSA) is 0 Å². The predicted molar refractivity (Wildman–Crippen MR) is 84.7 cm³/mol. The maximum atomic E-state index is 2.22. The van der Waals surface area contributed by atoms with E-state index in [-0.39, 0.29) is 0 Å². The molecule has 0 saturated carbocycles. The first-order valence-corrected chi connectivity index (χ1v) is 7.40. The van der Waals surface area contributed by atoms with Gasteiger partial charge < -0.3 is 0 Å². The Morgan fingerprint density at radius 2 is 1.42 bits per heavy atom. The highest BCUT2D eigenvalue weighted by Gasteiger charge is 2.11. The van der Waals surface area contributed by atoms with Crippen molar-refractivity contribution in [1.29, 1.82) is 0 Å². The van der Waals surface area contributed by atoms with E-state index in [2.05, 4.69) is 73.1 Å². The van der Waals surface area contributed by atoms with Crippen LogP contribution in [0, 0.1) is 13.8 Å². The molecule has 3 aromatic rings. The largest absolute Gasteiger partial charge is 0.152 e. The maximum Gasteiger partial charge on any atom is -0.00145 e. The van der Waals surface area contributed by atoms with E-state index in [1.807, 2.05) is 0 Å². The lowest BCUT2D eigenvalue weighted by Crippen LogP contribution is -1.90. The summed E-state index contributed by atoms with van der Waals surface area (Å²) in [5.74, 6) is 0. The van der Waals surface area contributed by atoms with E-state index in [0.717, 1.165) is 0 Å². The molecule has 0 spiro atoms. The Bertz CT molecular complexity index is 673. The summed E-state index contributed by atoms with van der Waals surface area (Å²) in [6.45, 7) is 4.37. The van der Waals surface area contributed by atoms with Crippen molar-refractivity contribution < 1.29 is 0 Å². The minimum atomic E-state index is 1.31. The summed E-state index contributed by atoms with van der Waals surface area (Å²) in [5, 5.41) is 4.35. The fourth-order valence-corrected chi connectivity index (χ4v) is 3.27. The second-order valence-corrected chi connectivity index (χ2v) is 5.60. The lowest BCUT2D eigenvalue weighted by Gasteiger charge is -2.14. The quantitative estimate of drug-likeness (QED) is 0.557. The van der Waals surface area contributed by atoms with E-state index < -0.39 is 0 Å². The van der Waals surface area contributed by atoms with Crippen molar-refractivity contribution in [3.8, 4) is 22.3 Å². The molecule has 1 aromatic heterocycles. The molecular weight excluding hydrogens is 248 g/mol. The number of benzene rings is 2. The van der Waals surface area contributed by atoms with Crippen molar-refractivity contribution in [2.75, 3.05) is 0 Å². The highest BCUT2D eigenvalue weighted by Crippen LogP contribution is 2.36. The molecule has 1 heterocycles. The number of aryl methyl sites for hydroxylation is 2. The molecule has 2 aromatic carbocycles. The average molecular weight is 264 g/mol. The monoisotopic (exact) mass is 264 g/mol. The Morgan fingerprint density at radius 3 is 2.05 bits per heavy atom. The molecule has 3 rings (SSSR count). The highest BCUT2D eigenvalue weighted by molar-refractivity contribution is 7.08. The van der Waals surface area contributed by atoms with Crippen molar-refractivity contribution in [2.24, 2.45) is 0 Å². The van der Waals surface area contributed by atoms with E-state index in [4.69, 9.17) is 0 Å². The average Bonchev–Trinajstić information content (AvgIpc) is 2.93. The summed E-state index contributed by atoms with van der Waals surface area (Å²) < 4.78 is 0. The van der Waals surface area contributed by atoms with Gasteiger partial charge in [0, 0.05) is 0 Å². The van der Waals surface area contributed by atoms with Gasteiger partial charge in [-0.1, -0.05) is 42.5 Å². The number of rotatable bonds is 2. The molecule has 94 valence electrons. The van der Waals surface area contributed by atoms with Gasteiger partial charge in [-0.2, -0.15) is 11.3 Å². The smallest absolute Gasteiger partial charge is 0.00145 e. The van der Waals surface area contributed by atoms with Crippen LogP contribution >= 0.6 is 11.3 Å². The third-order valence-electron chi connectivity index (χ3n) is 3.51. The number of thiophene rings is 1. The van der Waals surface area contributed by atoms with E-state index in [1.54, 1.807) is 11.3 Å². The SMILES string of the molecule is Cc1cccc(C)c1-c1ccccc1-c1ccsc1. The van der Waals surface area contributed by atoms with Crippen LogP contribution in [0.2, 0.25) is 0 Å². The van der Waals surface area contributed by atoms with Crippen LogP contribution in [-0.4, -0.2) is 0 Å². The summed E-state index contributed by atoms with van der Waals surface area (Å²) in [7, 11) is 0. The second kappa shape index (κ2) is 5.02. The van der Waals surface area contributed by atoms with Crippen LogP contribution in [0.15, 0.2) is 59.3 Å². The molecule has 0 fully saturated rings. The van der Waals surface area contributed by atoms with Crippen molar-refractivity contribution in [2.45, 2.75) is 13.8 Å². The molecule has 1 heteroatoms. The summed E-state index contributed by atoms with van der Waals surface area (Å²) in [6, 6.07) is 17.4. The standard InChI is InChI=1S/C18H16S/c1-13-6-5-7-14(2)18(13)17-9-4-3-8-16(17)15-10-11-19-12-15/h3-12H,1-2H3. The second-order valence-electron chi connectivity index (χ2n) is 4.82. The van der Waals surface area contributed by atoms with Gasteiger partial charge >= 0.3 is 0 Å². The molecule has 0 aliphatic heterocycles. The van der Waals surface area contributed by atoms with Crippen LogP contribution in [0.1, 0.15) is 11.1 Å². The Morgan fingerprint density at radius 1 is 0.737 bits per heavy atom. The number of hydrogen-bond donors (Lipinski definition) is 0. The number of hydrogen-bond acceptors (Lipinski definition) is 1. The Hall–Kier alpha value is -1.86. The summed E-state index contributed by atoms with van der Waals surface area (Å²) in [6.07, 6.45) is 0. The normalized spacial score (nSPS) is 10.6. The molecule has 0 unspecified atom stereocenters. The summed E-state index contributed by atoms with van der Waals surface area (Å²) >= 11 is 1.75. The fraction of sp³-hybridized carbons (Fsp3) is 0.111. The minimum Gasteiger partial charge on any atom is -0.152 e. The van der Waals surface area contributed by atoms with Gasteiger partial charge in [-0.3, -0.25) is 0 Å². The molecule has 0 radical (unpaired) electrons. The van der Waals surface area contributed by atoms with Crippen molar-refractivity contribution in [1.82, 2.24) is 0 Å². The molecule has 0 aliphatic carbocycles. The zero-order valence-corrected chi connectivity index (χ0v) is 12.0. The molecule has 0 atom stereocenters. The molecule has 0 aliphatic rings. The van der Waals surface area contributed by atoms with Crippen molar-refractivity contribution in [3.05, 3.63) is 70.4 Å². The van der Waals surface area contributed by atoms with Crippen molar-refractivity contribution >= 4 is 11.3 Å². The fourth-order valence-electron chi connectivity index (χ4n) is 2.61. The van der Waals surface area contributed by atoms with Gasteiger partial charge in [-0.15, -0.1) is 0 Å². The zero-order chi connectivity index (χ0) is 13.2. The first-order chi connectivity index (χ1) is 9.27. The molecular formula is C18H16S. The van der Waals surface area contributed by atoms with E-state index in [9.17, 15) is 0 Å². The Labute approximate surface area is 118 Å². The van der Waals surface area contributed by atoms with Gasteiger partial charge in [-0.05, 0) is 64.1 Å². The van der Waals surface area contributed by atoms with E-state index in [0.29, 0.717) is 0 Å². The Balaban J connectivity index is 2.27.